The van der Waals surface area contributed by atoms with Crippen LogP contribution in [0.1, 0.15) is 83.3 Å². The Bertz CT molecular complexity index is 1640. The van der Waals surface area contributed by atoms with Gasteiger partial charge in [-0.25, -0.2) is 4.98 Å². The molecule has 3 unspecified atom stereocenters. The molecule has 12 heteroatoms. The van der Waals surface area contributed by atoms with E-state index < -0.39 is 23.3 Å². The van der Waals surface area contributed by atoms with E-state index in [1.807, 2.05) is 19.9 Å². The van der Waals surface area contributed by atoms with Crippen LogP contribution in [-0.4, -0.2) is 49.4 Å². The van der Waals surface area contributed by atoms with Crippen LogP contribution >= 0.6 is 0 Å². The van der Waals surface area contributed by atoms with Crippen LogP contribution in [0, 0.1) is 12.8 Å². The second-order valence-corrected chi connectivity index (χ2v) is 13.5. The molecule has 0 bridgehead atoms. The fraction of sp³-hybridized carbons (Fsp3) is 0.553. The Hall–Kier alpha value is -3.58. The van der Waals surface area contributed by atoms with Gasteiger partial charge in [-0.05, 0) is 89.6 Å². The molecule has 1 aliphatic carbocycles. The number of rotatable bonds is 15. The standard InChI is InChI=1S/C38H50F3N3O6/c1-8-13-26(9-2)36(5)48-37(50-49-36)18-11-16-28(23-37)42-19-12-14-25(4)43-30-22-31(45-6)35(33-24(3)20-32(46-7)44-34(30)33)47-29-17-10-15-27(21-29)38(39,40)41/h8,10,15,17,20-22,25-26,28,42-43H,1,9,11-14,16,18-19,23H2,2-7H3/t25?,26?,28?,36-,37-/m1/s1. The molecule has 0 radical (unpaired) electrons. The number of benzene rings is 2. The van der Waals surface area contributed by atoms with Crippen molar-refractivity contribution >= 4 is 16.6 Å². The van der Waals surface area contributed by atoms with Gasteiger partial charge in [0.25, 0.3) is 0 Å². The zero-order valence-electron chi connectivity index (χ0n) is 29.9. The third-order valence-electron chi connectivity index (χ3n) is 9.73. The molecular formula is C38H50F3N3O6. The number of methoxy groups -OCH3 is 2. The Morgan fingerprint density at radius 1 is 1.16 bits per heavy atom. The smallest absolute Gasteiger partial charge is 0.416 e. The highest BCUT2D eigenvalue weighted by Gasteiger charge is 2.54. The van der Waals surface area contributed by atoms with Crippen molar-refractivity contribution in [2.45, 2.75) is 109 Å². The zero-order chi connectivity index (χ0) is 36.1. The first kappa shape index (κ1) is 37.7. The van der Waals surface area contributed by atoms with Crippen LogP contribution in [0.3, 0.4) is 0 Å². The maximum atomic E-state index is 13.4. The molecule has 50 heavy (non-hydrogen) atoms. The van der Waals surface area contributed by atoms with Gasteiger partial charge in [-0.2, -0.15) is 22.9 Å². The number of ether oxygens (including phenoxy) is 4. The number of aryl methyl sites for hydroxylation is 1. The summed E-state index contributed by atoms with van der Waals surface area (Å²) in [5.41, 5.74) is 1.22. The van der Waals surface area contributed by atoms with Gasteiger partial charge in [-0.3, -0.25) is 0 Å². The number of allylic oxidation sites excluding steroid dienone is 1. The number of hydrogen-bond donors (Lipinski definition) is 2. The van der Waals surface area contributed by atoms with Gasteiger partial charge in [0.1, 0.15) is 11.3 Å². The van der Waals surface area contributed by atoms with Gasteiger partial charge >= 0.3 is 6.18 Å². The van der Waals surface area contributed by atoms with Crippen molar-refractivity contribution in [3.8, 4) is 23.1 Å². The Morgan fingerprint density at radius 2 is 1.96 bits per heavy atom. The molecule has 2 heterocycles. The second-order valence-electron chi connectivity index (χ2n) is 13.5. The van der Waals surface area contributed by atoms with Crippen LogP contribution in [0.25, 0.3) is 10.9 Å². The Balaban J connectivity index is 1.25. The minimum absolute atomic E-state index is 0.0329. The highest BCUT2D eigenvalue weighted by atomic mass is 19.4. The van der Waals surface area contributed by atoms with Crippen molar-refractivity contribution in [1.29, 1.82) is 0 Å². The van der Waals surface area contributed by atoms with E-state index >= 15 is 0 Å². The fourth-order valence-electron chi connectivity index (χ4n) is 7.09. The molecule has 1 saturated carbocycles. The van der Waals surface area contributed by atoms with E-state index in [-0.39, 0.29) is 29.5 Å². The summed E-state index contributed by atoms with van der Waals surface area (Å²) >= 11 is 0. The average Bonchev–Trinajstić information content (AvgIpc) is 3.41. The van der Waals surface area contributed by atoms with Gasteiger partial charge in [-0.1, -0.05) is 19.1 Å². The molecule has 5 rings (SSSR count). The van der Waals surface area contributed by atoms with E-state index in [1.165, 1.54) is 26.4 Å². The van der Waals surface area contributed by atoms with Crippen molar-refractivity contribution in [1.82, 2.24) is 10.3 Å². The van der Waals surface area contributed by atoms with E-state index in [2.05, 4.69) is 31.1 Å². The molecule has 9 nitrogen and oxygen atoms in total. The molecule has 5 atom stereocenters. The molecule has 1 aromatic heterocycles. The van der Waals surface area contributed by atoms with E-state index in [4.69, 9.17) is 33.7 Å². The average molecular weight is 702 g/mol. The first-order valence-electron chi connectivity index (χ1n) is 17.4. The molecule has 2 fully saturated rings. The number of aromatic nitrogens is 1. The van der Waals surface area contributed by atoms with Crippen LogP contribution in [0.15, 0.2) is 49.1 Å². The largest absolute Gasteiger partial charge is 0.493 e. The summed E-state index contributed by atoms with van der Waals surface area (Å²) < 4.78 is 64.2. The first-order valence-corrected chi connectivity index (χ1v) is 17.4. The SMILES string of the molecule is C=CCC(CC)[C@@]1(C)OO[C@@]2(CCCC(NCCCC(C)Nc3cc(OC)c(Oc4cccc(C(F)(F)F)c4)c4c(C)cc(OC)nc34)C2)O1. The molecule has 1 aliphatic heterocycles. The number of alkyl halides is 3. The summed E-state index contributed by atoms with van der Waals surface area (Å²) in [6.45, 7) is 12.8. The summed E-state index contributed by atoms with van der Waals surface area (Å²) in [5.74, 6) is -0.297. The third kappa shape index (κ3) is 8.47. The minimum atomic E-state index is -4.51. The second kappa shape index (κ2) is 15.8. The molecule has 2 aromatic carbocycles. The molecule has 1 saturated heterocycles. The van der Waals surface area contributed by atoms with Gasteiger partial charge in [0.2, 0.25) is 17.5 Å². The number of nitrogens with one attached hydrogen (secondary N) is 2. The predicted octanol–water partition coefficient (Wildman–Crippen LogP) is 9.48. The third-order valence-corrected chi connectivity index (χ3v) is 9.73. The van der Waals surface area contributed by atoms with Gasteiger partial charge in [0.05, 0.1) is 30.9 Å². The Labute approximate surface area is 292 Å². The van der Waals surface area contributed by atoms with Crippen LogP contribution in [0.5, 0.6) is 23.1 Å². The highest BCUT2D eigenvalue weighted by molar-refractivity contribution is 6.00. The lowest BCUT2D eigenvalue weighted by Crippen LogP contribution is -2.47. The van der Waals surface area contributed by atoms with Crippen LogP contribution < -0.4 is 24.8 Å². The van der Waals surface area contributed by atoms with E-state index in [1.54, 1.807) is 12.1 Å². The number of halogens is 3. The number of fused-ring (bicyclic) bond motifs is 1. The fourth-order valence-corrected chi connectivity index (χ4v) is 7.09. The predicted molar refractivity (Wildman–Crippen MR) is 187 cm³/mol. The first-order chi connectivity index (χ1) is 23.8. The monoisotopic (exact) mass is 701 g/mol. The van der Waals surface area contributed by atoms with Crippen LogP contribution in [0.4, 0.5) is 18.9 Å². The van der Waals surface area contributed by atoms with Gasteiger partial charge in [0, 0.05) is 43.0 Å². The normalized spacial score (nSPS) is 23.5. The lowest BCUT2D eigenvalue weighted by atomic mass is 9.88. The minimum Gasteiger partial charge on any atom is -0.493 e. The Kier molecular flexibility index (Phi) is 11.9. The molecule has 0 amide bonds. The molecule has 2 aliphatic rings. The van der Waals surface area contributed by atoms with Crippen LogP contribution in [-0.2, 0) is 20.7 Å². The lowest BCUT2D eigenvalue weighted by molar-refractivity contribution is -0.359. The zero-order valence-corrected chi connectivity index (χ0v) is 29.9. The number of pyridine rings is 1. The van der Waals surface area contributed by atoms with E-state index in [0.717, 1.165) is 69.2 Å². The number of hydrogen-bond acceptors (Lipinski definition) is 9. The quantitative estimate of drug-likeness (QED) is 0.0913. The molecular weight excluding hydrogens is 651 g/mol. The summed E-state index contributed by atoms with van der Waals surface area (Å²) in [6.07, 6.45) is 4.39. The van der Waals surface area contributed by atoms with Crippen molar-refractivity contribution < 1.29 is 41.9 Å². The van der Waals surface area contributed by atoms with Gasteiger partial charge in [0.15, 0.2) is 11.5 Å². The molecule has 1 spiro atoms. The molecule has 2 N–H and O–H groups in total. The summed E-state index contributed by atoms with van der Waals surface area (Å²) in [7, 11) is 3.04. The summed E-state index contributed by atoms with van der Waals surface area (Å²) in [5, 5.41) is 7.89. The number of nitrogens with zero attached hydrogens (tertiary/aromatic N) is 1. The maximum Gasteiger partial charge on any atom is 0.416 e. The van der Waals surface area contributed by atoms with E-state index in [9.17, 15) is 13.2 Å². The lowest BCUT2D eigenvalue weighted by Gasteiger charge is -2.37. The molecule has 3 aromatic rings. The van der Waals surface area contributed by atoms with Crippen molar-refractivity contribution in [3.63, 3.8) is 0 Å². The Morgan fingerprint density at radius 3 is 2.66 bits per heavy atom. The summed E-state index contributed by atoms with van der Waals surface area (Å²) in [4.78, 5) is 16.5. The van der Waals surface area contributed by atoms with Crippen molar-refractivity contribution in [2.75, 3.05) is 26.1 Å². The summed E-state index contributed by atoms with van der Waals surface area (Å²) in [6, 6.07) is 8.59. The highest BCUT2D eigenvalue weighted by Crippen LogP contribution is 2.47. The van der Waals surface area contributed by atoms with Gasteiger partial charge in [-0.15, -0.1) is 6.58 Å². The number of anilines is 1. The van der Waals surface area contributed by atoms with E-state index in [0.29, 0.717) is 34.6 Å². The van der Waals surface area contributed by atoms with Crippen LogP contribution in [0.2, 0.25) is 0 Å². The van der Waals surface area contributed by atoms with Gasteiger partial charge < -0.3 is 29.6 Å². The van der Waals surface area contributed by atoms with Crippen molar-refractivity contribution in [2.24, 2.45) is 5.92 Å². The van der Waals surface area contributed by atoms with Crippen molar-refractivity contribution in [3.05, 3.63) is 60.2 Å². The maximum absolute atomic E-state index is 13.4. The topological polar surface area (TPSA) is 92.3 Å². The molecule has 274 valence electrons.